The average molecular weight is 491 g/mol. The Morgan fingerprint density at radius 3 is 2.63 bits per heavy atom. The maximum Gasteiger partial charge on any atom is 0.277 e. The molecule has 0 spiro atoms. The molecule has 0 saturated heterocycles. The number of aliphatic hydroxyl groups is 1. The first-order chi connectivity index (χ1) is 16.6. The van der Waals surface area contributed by atoms with Gasteiger partial charge in [-0.25, -0.2) is 19.2 Å². The fourth-order valence-electron chi connectivity index (χ4n) is 3.49. The smallest absolute Gasteiger partial charge is 0.277 e. The van der Waals surface area contributed by atoms with Crippen LogP contribution in [0.25, 0.3) is 11.0 Å². The zero-order chi connectivity index (χ0) is 25.8. The van der Waals surface area contributed by atoms with Crippen molar-refractivity contribution < 1.29 is 28.3 Å². The largest absolute Gasteiger partial charge is 0.393 e. The van der Waals surface area contributed by atoms with Crippen LogP contribution in [0.15, 0.2) is 30.6 Å². The number of aromatic nitrogens is 2. The van der Waals surface area contributed by atoms with Gasteiger partial charge in [0.15, 0.2) is 5.82 Å². The van der Waals surface area contributed by atoms with E-state index in [0.29, 0.717) is 24.2 Å². The zero-order valence-corrected chi connectivity index (χ0v) is 20.6. The molecular formula is C25H32F2N4O4. The highest BCUT2D eigenvalue weighted by atomic mass is 19.1. The number of nitrogens with zero attached hydrogens (tertiary/aromatic N) is 2. The number of benzene rings is 2. The van der Waals surface area contributed by atoms with Crippen LogP contribution in [-0.2, 0) is 16.1 Å². The Bertz CT molecular complexity index is 1200. The van der Waals surface area contributed by atoms with Crippen molar-refractivity contribution in [3.8, 4) is 0 Å². The van der Waals surface area contributed by atoms with E-state index in [9.17, 15) is 14.3 Å². The maximum atomic E-state index is 15.8. The van der Waals surface area contributed by atoms with Gasteiger partial charge in [-0.1, -0.05) is 13.0 Å². The number of aliphatic hydroxyl groups excluding tert-OH is 1. The fourth-order valence-corrected chi connectivity index (χ4v) is 3.49. The second-order valence-electron chi connectivity index (χ2n) is 8.92. The molecule has 3 aromatic rings. The number of imidazole rings is 1. The van der Waals surface area contributed by atoms with Crippen molar-refractivity contribution in [2.24, 2.45) is 0 Å². The molecule has 1 amide bonds. The van der Waals surface area contributed by atoms with Crippen LogP contribution >= 0.6 is 0 Å². The number of hydrogen-bond acceptors (Lipinski definition) is 6. The van der Waals surface area contributed by atoms with Gasteiger partial charge in [0.25, 0.3) is 5.91 Å². The Morgan fingerprint density at radius 1 is 1.26 bits per heavy atom. The van der Waals surface area contributed by atoms with Crippen molar-refractivity contribution in [3.63, 3.8) is 0 Å². The Kier molecular flexibility index (Phi) is 8.42. The number of nitrogens with one attached hydrogen (secondary N) is 2. The van der Waals surface area contributed by atoms with Crippen molar-refractivity contribution in [1.82, 2.24) is 15.0 Å². The number of fused-ring (bicyclic) bond motifs is 1. The average Bonchev–Trinajstić information content (AvgIpc) is 3.23. The van der Waals surface area contributed by atoms with Gasteiger partial charge in [-0.3, -0.25) is 9.63 Å². The van der Waals surface area contributed by atoms with Crippen LogP contribution in [0.1, 0.15) is 50.0 Å². The van der Waals surface area contributed by atoms with Gasteiger partial charge in [0.2, 0.25) is 0 Å². The Labute approximate surface area is 203 Å². The van der Waals surface area contributed by atoms with Crippen LogP contribution in [0.2, 0.25) is 0 Å². The van der Waals surface area contributed by atoms with Gasteiger partial charge in [0, 0.05) is 6.61 Å². The molecule has 0 aliphatic rings. The summed E-state index contributed by atoms with van der Waals surface area (Å²) in [5.41, 5.74) is 1.93. The van der Waals surface area contributed by atoms with Crippen molar-refractivity contribution in [2.45, 2.75) is 59.3 Å². The zero-order valence-electron chi connectivity index (χ0n) is 20.6. The normalized spacial score (nSPS) is 12.7. The van der Waals surface area contributed by atoms with E-state index in [-0.39, 0.29) is 35.2 Å². The minimum atomic E-state index is -1.07. The van der Waals surface area contributed by atoms with Crippen molar-refractivity contribution in [3.05, 3.63) is 53.4 Å². The molecule has 1 unspecified atom stereocenters. The lowest BCUT2D eigenvalue weighted by atomic mass is 10.1. The Morgan fingerprint density at radius 2 is 2.00 bits per heavy atom. The Balaban J connectivity index is 2.09. The molecule has 3 N–H and O–H groups in total. The first-order valence-corrected chi connectivity index (χ1v) is 11.5. The number of halogens is 2. The predicted molar refractivity (Wildman–Crippen MR) is 130 cm³/mol. The minimum Gasteiger partial charge on any atom is -0.393 e. The third-order valence-electron chi connectivity index (χ3n) is 5.54. The monoisotopic (exact) mass is 490 g/mol. The van der Waals surface area contributed by atoms with E-state index in [1.165, 1.54) is 24.5 Å². The standard InChI is InChI=1S/C25H32F2N4O4/c1-6-16(34-7-2)12-31-14-28-23-20(31)11-17(24(33)30-35-25(4,5)13-32)22(21(23)27)29-19-9-8-15(3)10-18(19)26/h8-11,14,16,29,32H,6-7,12-13H2,1-5H3,(H,30,33). The summed E-state index contributed by atoms with van der Waals surface area (Å²) in [6, 6.07) is 5.91. The van der Waals surface area contributed by atoms with E-state index < -0.39 is 23.1 Å². The number of carbonyl (C=O) groups excluding carboxylic acids is 1. The summed E-state index contributed by atoms with van der Waals surface area (Å²) in [4.78, 5) is 22.6. The van der Waals surface area contributed by atoms with Gasteiger partial charge in [-0.15, -0.1) is 0 Å². The van der Waals surface area contributed by atoms with Crippen LogP contribution in [0.3, 0.4) is 0 Å². The molecule has 0 bridgehead atoms. The van der Waals surface area contributed by atoms with Crippen LogP contribution in [-0.4, -0.2) is 45.5 Å². The quantitative estimate of drug-likeness (QED) is 0.340. The first-order valence-electron chi connectivity index (χ1n) is 11.5. The molecule has 1 atom stereocenters. The van der Waals surface area contributed by atoms with E-state index in [4.69, 9.17) is 9.57 Å². The minimum absolute atomic E-state index is 0.00123. The second-order valence-corrected chi connectivity index (χ2v) is 8.92. The van der Waals surface area contributed by atoms with E-state index in [2.05, 4.69) is 15.8 Å². The summed E-state index contributed by atoms with van der Waals surface area (Å²) in [5, 5.41) is 12.1. The van der Waals surface area contributed by atoms with Gasteiger partial charge in [-0.05, 0) is 57.9 Å². The van der Waals surface area contributed by atoms with Gasteiger partial charge < -0.3 is 19.7 Å². The maximum absolute atomic E-state index is 15.8. The van der Waals surface area contributed by atoms with Crippen molar-refractivity contribution in [1.29, 1.82) is 0 Å². The summed E-state index contributed by atoms with van der Waals surface area (Å²) in [5.74, 6) is -2.18. The number of hydrogen-bond donors (Lipinski definition) is 3. The highest BCUT2D eigenvalue weighted by molar-refractivity contribution is 6.04. The van der Waals surface area contributed by atoms with Gasteiger partial charge in [0.1, 0.15) is 16.9 Å². The summed E-state index contributed by atoms with van der Waals surface area (Å²) < 4.78 is 37.7. The molecule has 0 radical (unpaired) electrons. The molecule has 3 rings (SSSR count). The molecular weight excluding hydrogens is 458 g/mol. The predicted octanol–water partition coefficient (Wildman–Crippen LogP) is 4.61. The number of hydroxylamine groups is 1. The molecule has 2 aromatic carbocycles. The summed E-state index contributed by atoms with van der Waals surface area (Å²) >= 11 is 0. The molecule has 10 heteroatoms. The van der Waals surface area contributed by atoms with Gasteiger partial charge >= 0.3 is 0 Å². The van der Waals surface area contributed by atoms with E-state index >= 15 is 4.39 Å². The lowest BCUT2D eigenvalue weighted by Gasteiger charge is -2.22. The summed E-state index contributed by atoms with van der Waals surface area (Å²) in [7, 11) is 0. The number of anilines is 2. The number of ether oxygens (including phenoxy) is 1. The van der Waals surface area contributed by atoms with Gasteiger partial charge in [-0.2, -0.15) is 0 Å². The molecule has 0 fully saturated rings. The number of amides is 1. The number of carbonyl (C=O) groups is 1. The van der Waals surface area contributed by atoms with E-state index in [0.717, 1.165) is 6.42 Å². The lowest BCUT2D eigenvalue weighted by Crippen LogP contribution is -2.38. The van der Waals surface area contributed by atoms with Crippen molar-refractivity contribution in [2.75, 3.05) is 18.5 Å². The van der Waals surface area contributed by atoms with Crippen LogP contribution in [0, 0.1) is 18.6 Å². The highest BCUT2D eigenvalue weighted by Crippen LogP contribution is 2.32. The molecule has 1 aromatic heterocycles. The SMILES string of the molecule is CCOC(CC)Cn1cnc2c(F)c(Nc3ccc(C)cc3F)c(C(=O)NOC(C)(C)CO)cc21. The third kappa shape index (κ3) is 6.14. The van der Waals surface area contributed by atoms with E-state index in [1.54, 1.807) is 31.4 Å². The molecule has 35 heavy (non-hydrogen) atoms. The molecule has 1 heterocycles. The van der Waals surface area contributed by atoms with Crippen molar-refractivity contribution >= 4 is 28.3 Å². The first kappa shape index (κ1) is 26.5. The molecule has 0 aliphatic carbocycles. The number of aryl methyl sites for hydroxylation is 1. The second kappa shape index (κ2) is 11.1. The Hall–Kier alpha value is -3.08. The van der Waals surface area contributed by atoms with E-state index in [1.807, 2.05) is 13.8 Å². The molecule has 0 aliphatic heterocycles. The van der Waals surface area contributed by atoms with Gasteiger partial charge in [0.05, 0.1) is 48.0 Å². The topological polar surface area (TPSA) is 97.6 Å². The molecule has 8 nitrogen and oxygen atoms in total. The summed E-state index contributed by atoms with van der Waals surface area (Å²) in [6.45, 7) is 9.34. The lowest BCUT2D eigenvalue weighted by molar-refractivity contribution is -0.0956. The fraction of sp³-hybridized carbons (Fsp3) is 0.440. The number of rotatable bonds is 11. The van der Waals surface area contributed by atoms with Crippen LogP contribution in [0.4, 0.5) is 20.2 Å². The molecule has 0 saturated carbocycles. The summed E-state index contributed by atoms with van der Waals surface area (Å²) in [6.07, 6.45) is 2.10. The van der Waals surface area contributed by atoms with Crippen LogP contribution < -0.4 is 10.8 Å². The van der Waals surface area contributed by atoms with Crippen LogP contribution in [0.5, 0.6) is 0 Å². The molecule has 190 valence electrons. The highest BCUT2D eigenvalue weighted by Gasteiger charge is 2.25. The third-order valence-corrected chi connectivity index (χ3v) is 5.54.